The molecule has 3 nitrogen and oxygen atoms in total. The van der Waals surface area contributed by atoms with E-state index < -0.39 is 0 Å². The number of rotatable bonds is 7. The molecular weight excluding hydrogens is 272 g/mol. The Morgan fingerprint density at radius 3 is 2.23 bits per heavy atom. The van der Waals surface area contributed by atoms with Crippen LogP contribution in [0, 0.1) is 6.92 Å². The Kier molecular flexibility index (Phi) is 6.01. The van der Waals surface area contributed by atoms with Gasteiger partial charge < -0.3 is 10.6 Å². The van der Waals surface area contributed by atoms with Crippen molar-refractivity contribution < 1.29 is 4.79 Å². The number of carbonyl (C=O) groups excluding carboxylic acids is 1. The summed E-state index contributed by atoms with van der Waals surface area (Å²) in [5.41, 5.74) is 4.74. The van der Waals surface area contributed by atoms with E-state index in [1.807, 2.05) is 12.1 Å². The van der Waals surface area contributed by atoms with Crippen LogP contribution in [-0.2, 0) is 17.8 Å². The average Bonchev–Trinajstić information content (AvgIpc) is 2.55. The van der Waals surface area contributed by atoms with Crippen molar-refractivity contribution in [3.05, 3.63) is 65.2 Å². The van der Waals surface area contributed by atoms with Gasteiger partial charge in [0.2, 0.25) is 5.91 Å². The Hall–Kier alpha value is -2.29. The van der Waals surface area contributed by atoms with Crippen molar-refractivity contribution >= 4 is 11.6 Å². The molecule has 2 rings (SSSR count). The predicted octanol–water partition coefficient (Wildman–Crippen LogP) is 3.68. The Bertz CT molecular complexity index is 588. The summed E-state index contributed by atoms with van der Waals surface area (Å²) in [6, 6.07) is 16.5. The topological polar surface area (TPSA) is 41.1 Å². The lowest BCUT2D eigenvalue weighted by Gasteiger charge is -2.08. The van der Waals surface area contributed by atoms with Crippen LogP contribution >= 0.6 is 0 Å². The van der Waals surface area contributed by atoms with E-state index in [1.165, 1.54) is 11.1 Å². The minimum atomic E-state index is 0.0678. The molecule has 0 atom stereocenters. The molecule has 116 valence electrons. The number of carbonyl (C=O) groups is 1. The minimum absolute atomic E-state index is 0.0678. The highest BCUT2D eigenvalue weighted by molar-refractivity contribution is 5.76. The van der Waals surface area contributed by atoms with Gasteiger partial charge in [-0.15, -0.1) is 0 Å². The summed E-state index contributed by atoms with van der Waals surface area (Å²) >= 11 is 0. The maximum Gasteiger partial charge on any atom is 0.222 e. The molecule has 0 unspecified atom stereocenters. The van der Waals surface area contributed by atoms with Gasteiger partial charge in [-0.3, -0.25) is 4.79 Å². The molecule has 0 saturated carbocycles. The molecule has 0 heterocycles. The zero-order valence-corrected chi connectivity index (χ0v) is 13.4. The van der Waals surface area contributed by atoms with Crippen molar-refractivity contribution in [2.45, 2.75) is 33.2 Å². The van der Waals surface area contributed by atoms with Gasteiger partial charge in [0.1, 0.15) is 0 Å². The van der Waals surface area contributed by atoms with Crippen LogP contribution in [-0.4, -0.2) is 12.5 Å². The summed E-state index contributed by atoms with van der Waals surface area (Å²) in [6.45, 7) is 5.43. The predicted molar refractivity (Wildman–Crippen MR) is 92.0 cm³/mol. The van der Waals surface area contributed by atoms with Crippen LogP contribution in [0.3, 0.4) is 0 Å². The summed E-state index contributed by atoms with van der Waals surface area (Å²) in [5.74, 6) is 0.0678. The molecule has 2 aromatic rings. The number of amides is 1. The second-order valence-electron chi connectivity index (χ2n) is 5.49. The number of anilines is 1. The first kappa shape index (κ1) is 16.1. The molecule has 3 heteroatoms. The molecule has 0 radical (unpaired) electrons. The summed E-state index contributed by atoms with van der Waals surface area (Å²) in [6.07, 6.45) is 1.52. The average molecular weight is 296 g/mol. The van der Waals surface area contributed by atoms with Crippen LogP contribution in [0.15, 0.2) is 48.5 Å². The van der Waals surface area contributed by atoms with Gasteiger partial charge in [0.15, 0.2) is 0 Å². The lowest BCUT2D eigenvalue weighted by molar-refractivity contribution is -0.121. The molecule has 0 fully saturated rings. The molecule has 0 aromatic heterocycles. The third-order valence-electron chi connectivity index (χ3n) is 3.65. The van der Waals surface area contributed by atoms with Crippen molar-refractivity contribution in [1.29, 1.82) is 0 Å². The molecule has 0 spiro atoms. The number of nitrogens with one attached hydrogen (secondary N) is 2. The second kappa shape index (κ2) is 8.23. The van der Waals surface area contributed by atoms with Crippen molar-refractivity contribution in [1.82, 2.24) is 5.32 Å². The standard InChI is InChI=1S/C19H24N2O/c1-3-16-8-10-18(11-9-16)20-13-12-19(22)21-14-17-6-4-15(2)5-7-17/h4-11,20H,3,12-14H2,1-2H3,(H,21,22). The van der Waals surface area contributed by atoms with Gasteiger partial charge >= 0.3 is 0 Å². The third-order valence-corrected chi connectivity index (χ3v) is 3.65. The van der Waals surface area contributed by atoms with Gasteiger partial charge in [-0.1, -0.05) is 48.9 Å². The first-order valence-corrected chi connectivity index (χ1v) is 7.82. The molecule has 2 aromatic carbocycles. The van der Waals surface area contributed by atoms with E-state index in [2.05, 4.69) is 60.9 Å². The first-order chi connectivity index (χ1) is 10.7. The van der Waals surface area contributed by atoms with E-state index >= 15 is 0 Å². The van der Waals surface area contributed by atoms with Crippen LogP contribution in [0.5, 0.6) is 0 Å². The highest BCUT2D eigenvalue weighted by Crippen LogP contribution is 2.09. The van der Waals surface area contributed by atoms with Gasteiger partial charge in [0.25, 0.3) is 0 Å². The summed E-state index contributed by atoms with van der Waals surface area (Å²) < 4.78 is 0. The van der Waals surface area contributed by atoms with Crippen molar-refractivity contribution in [3.8, 4) is 0 Å². The van der Waals surface area contributed by atoms with Gasteiger partial charge in [-0.05, 0) is 36.6 Å². The maximum absolute atomic E-state index is 11.8. The molecule has 0 aliphatic heterocycles. The summed E-state index contributed by atoms with van der Waals surface area (Å²) in [5, 5.41) is 6.22. The molecule has 0 aliphatic rings. The molecule has 0 bridgehead atoms. The number of hydrogen-bond donors (Lipinski definition) is 2. The van der Waals surface area contributed by atoms with Gasteiger partial charge in [-0.2, -0.15) is 0 Å². The van der Waals surface area contributed by atoms with E-state index in [0.29, 0.717) is 19.5 Å². The highest BCUT2D eigenvalue weighted by Gasteiger charge is 2.01. The van der Waals surface area contributed by atoms with Crippen molar-refractivity contribution in [3.63, 3.8) is 0 Å². The fourth-order valence-corrected chi connectivity index (χ4v) is 2.17. The van der Waals surface area contributed by atoms with Crippen LogP contribution in [0.2, 0.25) is 0 Å². The second-order valence-corrected chi connectivity index (χ2v) is 5.49. The fraction of sp³-hybridized carbons (Fsp3) is 0.316. The van der Waals surface area contributed by atoms with Gasteiger partial charge in [-0.25, -0.2) is 0 Å². The van der Waals surface area contributed by atoms with Crippen molar-refractivity contribution in [2.75, 3.05) is 11.9 Å². The lowest BCUT2D eigenvalue weighted by atomic mass is 10.1. The maximum atomic E-state index is 11.8. The SMILES string of the molecule is CCc1ccc(NCCC(=O)NCc2ccc(C)cc2)cc1. The van der Waals surface area contributed by atoms with E-state index in [-0.39, 0.29) is 5.91 Å². The van der Waals surface area contributed by atoms with E-state index in [0.717, 1.165) is 17.7 Å². The Morgan fingerprint density at radius 2 is 1.59 bits per heavy atom. The van der Waals surface area contributed by atoms with Crippen LogP contribution in [0.1, 0.15) is 30.0 Å². The Morgan fingerprint density at radius 1 is 0.955 bits per heavy atom. The quantitative estimate of drug-likeness (QED) is 0.818. The molecule has 2 N–H and O–H groups in total. The lowest BCUT2D eigenvalue weighted by Crippen LogP contribution is -2.24. The van der Waals surface area contributed by atoms with Gasteiger partial charge in [0, 0.05) is 25.2 Å². The zero-order chi connectivity index (χ0) is 15.8. The molecule has 0 aliphatic carbocycles. The van der Waals surface area contributed by atoms with E-state index in [4.69, 9.17) is 0 Å². The van der Waals surface area contributed by atoms with E-state index in [9.17, 15) is 4.79 Å². The first-order valence-electron chi connectivity index (χ1n) is 7.82. The van der Waals surface area contributed by atoms with E-state index in [1.54, 1.807) is 0 Å². The summed E-state index contributed by atoms with van der Waals surface area (Å²) in [7, 11) is 0. The molecular formula is C19H24N2O. The van der Waals surface area contributed by atoms with Gasteiger partial charge in [0.05, 0.1) is 0 Å². The Labute approximate surface area is 132 Å². The molecule has 0 saturated heterocycles. The van der Waals surface area contributed by atoms with Crippen LogP contribution in [0.4, 0.5) is 5.69 Å². The molecule has 1 amide bonds. The normalized spacial score (nSPS) is 10.3. The minimum Gasteiger partial charge on any atom is -0.385 e. The number of benzene rings is 2. The summed E-state index contributed by atoms with van der Waals surface area (Å²) in [4.78, 5) is 11.8. The fourth-order valence-electron chi connectivity index (χ4n) is 2.17. The van der Waals surface area contributed by atoms with Crippen LogP contribution in [0.25, 0.3) is 0 Å². The third kappa shape index (κ3) is 5.24. The number of hydrogen-bond acceptors (Lipinski definition) is 2. The zero-order valence-electron chi connectivity index (χ0n) is 13.4. The van der Waals surface area contributed by atoms with Crippen molar-refractivity contribution in [2.24, 2.45) is 0 Å². The number of aryl methyl sites for hydroxylation is 2. The Balaban J connectivity index is 1.67. The smallest absolute Gasteiger partial charge is 0.222 e. The van der Waals surface area contributed by atoms with Crippen LogP contribution < -0.4 is 10.6 Å². The largest absolute Gasteiger partial charge is 0.385 e. The monoisotopic (exact) mass is 296 g/mol. The molecule has 22 heavy (non-hydrogen) atoms. The highest BCUT2D eigenvalue weighted by atomic mass is 16.1.